The van der Waals surface area contributed by atoms with Crippen LogP contribution in [0.2, 0.25) is 0 Å². The number of pyridine rings is 1. The molecule has 1 aliphatic carbocycles. The van der Waals surface area contributed by atoms with E-state index in [1.807, 2.05) is 52.2 Å². The molecule has 1 saturated carbocycles. The van der Waals surface area contributed by atoms with Gasteiger partial charge in [-0.3, -0.25) is 4.98 Å². The first-order valence-electron chi connectivity index (χ1n) is 7.84. The lowest BCUT2D eigenvalue weighted by atomic mass is 9.82. The van der Waals surface area contributed by atoms with Crippen LogP contribution in [0.3, 0.4) is 0 Å². The van der Waals surface area contributed by atoms with Gasteiger partial charge in [-0.25, -0.2) is 0 Å². The van der Waals surface area contributed by atoms with Crippen LogP contribution in [0, 0.1) is 5.92 Å². The number of hydrogen-bond donors (Lipinski definition) is 1. The second kappa shape index (κ2) is 7.03. The molecule has 0 aliphatic heterocycles. The Morgan fingerprint density at radius 2 is 1.95 bits per heavy atom. The second-order valence-electron chi connectivity index (χ2n) is 6.73. The monoisotopic (exact) mass is 289 g/mol. The molecule has 0 radical (unpaired) electrons. The highest BCUT2D eigenvalue weighted by molar-refractivity contribution is 6.00. The Kier molecular flexibility index (Phi) is 5.34. The molecular weight excluding hydrogens is 262 g/mol. The molecule has 1 fully saturated rings. The predicted molar refractivity (Wildman–Crippen MR) is 86.4 cm³/mol. The van der Waals surface area contributed by atoms with Crippen LogP contribution >= 0.6 is 0 Å². The maximum atomic E-state index is 5.68. The van der Waals surface area contributed by atoms with E-state index in [1.165, 1.54) is 12.8 Å². The fourth-order valence-corrected chi connectivity index (χ4v) is 2.69. The molecule has 1 aromatic rings. The number of nitrogens with one attached hydrogen (secondary N) is 1. The van der Waals surface area contributed by atoms with Gasteiger partial charge in [0.15, 0.2) is 0 Å². The minimum absolute atomic E-state index is 0.276. The summed E-state index contributed by atoms with van der Waals surface area (Å²) in [6, 6.07) is 6.60. The minimum Gasteiger partial charge on any atom is -0.390 e. The van der Waals surface area contributed by atoms with E-state index in [9.17, 15) is 0 Å². The highest BCUT2D eigenvalue weighted by Gasteiger charge is 2.26. The van der Waals surface area contributed by atoms with Crippen molar-refractivity contribution in [1.29, 1.82) is 0 Å². The van der Waals surface area contributed by atoms with E-state index >= 15 is 0 Å². The maximum absolute atomic E-state index is 5.68. The lowest BCUT2D eigenvalue weighted by Gasteiger charge is -2.29. The summed E-state index contributed by atoms with van der Waals surface area (Å²) < 4.78 is 0. The van der Waals surface area contributed by atoms with Gasteiger partial charge in [-0.1, -0.05) is 11.2 Å². The molecule has 1 aliphatic rings. The summed E-state index contributed by atoms with van der Waals surface area (Å²) in [6.07, 6.45) is 6.45. The average Bonchev–Trinajstić information content (AvgIpc) is 2.48. The van der Waals surface area contributed by atoms with Crippen molar-refractivity contribution in [1.82, 2.24) is 10.3 Å². The fraction of sp³-hybridized carbons (Fsp3) is 0.647. The van der Waals surface area contributed by atoms with Crippen LogP contribution in [0.25, 0.3) is 0 Å². The number of aromatic nitrogens is 1. The Morgan fingerprint density at radius 3 is 2.48 bits per heavy atom. The molecule has 2 rings (SSSR count). The number of rotatable bonds is 4. The van der Waals surface area contributed by atoms with Gasteiger partial charge in [0.1, 0.15) is 11.3 Å². The quantitative estimate of drug-likeness (QED) is 0.683. The molecule has 4 heteroatoms. The first-order valence-corrected chi connectivity index (χ1v) is 7.84. The fourth-order valence-electron chi connectivity index (χ4n) is 2.69. The van der Waals surface area contributed by atoms with Crippen molar-refractivity contribution < 1.29 is 4.84 Å². The summed E-state index contributed by atoms with van der Waals surface area (Å²) >= 11 is 0. The first-order chi connectivity index (χ1) is 9.99. The van der Waals surface area contributed by atoms with Crippen molar-refractivity contribution in [2.24, 2.45) is 11.1 Å². The molecular formula is C17H27N3O. The van der Waals surface area contributed by atoms with Crippen LogP contribution < -0.4 is 5.32 Å². The van der Waals surface area contributed by atoms with Gasteiger partial charge in [0.05, 0.1) is 5.69 Å². The van der Waals surface area contributed by atoms with Crippen molar-refractivity contribution in [2.45, 2.75) is 58.1 Å². The largest absolute Gasteiger partial charge is 0.390 e. The Bertz CT molecular complexity index is 457. The number of oxime groups is 1. The normalized spacial score (nSPS) is 23.9. The lowest BCUT2D eigenvalue weighted by Crippen LogP contribution is -2.33. The molecule has 21 heavy (non-hydrogen) atoms. The third-order valence-electron chi connectivity index (χ3n) is 3.87. The molecule has 1 heterocycles. The summed E-state index contributed by atoms with van der Waals surface area (Å²) in [6.45, 7) is 6.05. The van der Waals surface area contributed by atoms with E-state index in [2.05, 4.69) is 15.5 Å². The summed E-state index contributed by atoms with van der Waals surface area (Å²) in [5, 5.41) is 7.85. The minimum atomic E-state index is -0.276. The summed E-state index contributed by atoms with van der Waals surface area (Å²) in [5.74, 6) is 0.437. The van der Waals surface area contributed by atoms with E-state index < -0.39 is 0 Å². The number of nitrogens with zero attached hydrogens (tertiary/aromatic N) is 2. The molecule has 0 aromatic carbocycles. The van der Waals surface area contributed by atoms with Crippen molar-refractivity contribution >= 4 is 5.71 Å². The van der Waals surface area contributed by atoms with Crippen molar-refractivity contribution in [3.05, 3.63) is 30.1 Å². The van der Waals surface area contributed by atoms with Crippen LogP contribution in [-0.4, -0.2) is 29.4 Å². The molecule has 1 aromatic heterocycles. The Labute approximate surface area is 128 Å². The lowest BCUT2D eigenvalue weighted by molar-refractivity contribution is -0.0000867. The molecule has 0 spiro atoms. The van der Waals surface area contributed by atoms with E-state index in [0.717, 1.165) is 24.2 Å². The van der Waals surface area contributed by atoms with Gasteiger partial charge >= 0.3 is 0 Å². The Hall–Kier alpha value is -1.42. The molecule has 116 valence electrons. The van der Waals surface area contributed by atoms with Gasteiger partial charge in [0.25, 0.3) is 0 Å². The molecule has 4 nitrogen and oxygen atoms in total. The van der Waals surface area contributed by atoms with Gasteiger partial charge in [-0.05, 0) is 65.6 Å². The second-order valence-corrected chi connectivity index (χ2v) is 6.73. The third-order valence-corrected chi connectivity index (χ3v) is 3.87. The highest BCUT2D eigenvalue weighted by atomic mass is 16.6. The van der Waals surface area contributed by atoms with Crippen LogP contribution in [0.5, 0.6) is 0 Å². The zero-order valence-corrected chi connectivity index (χ0v) is 13.6. The van der Waals surface area contributed by atoms with Crippen LogP contribution in [0.4, 0.5) is 0 Å². The van der Waals surface area contributed by atoms with Crippen molar-refractivity contribution in [2.75, 3.05) is 7.05 Å². The van der Waals surface area contributed by atoms with Crippen LogP contribution in [-0.2, 0) is 4.84 Å². The molecule has 0 atom stereocenters. The van der Waals surface area contributed by atoms with Crippen LogP contribution in [0.1, 0.15) is 52.1 Å². The molecule has 0 unspecified atom stereocenters. The highest BCUT2D eigenvalue weighted by Crippen LogP contribution is 2.28. The van der Waals surface area contributed by atoms with Gasteiger partial charge < -0.3 is 10.2 Å². The SMILES string of the molecule is CN[C@H]1CC[C@H](/C(=N/OC(C)(C)C)c2ccccn2)CC1. The van der Waals surface area contributed by atoms with E-state index in [0.29, 0.717) is 12.0 Å². The molecule has 0 bridgehead atoms. The Balaban J connectivity index is 2.17. The van der Waals surface area contributed by atoms with Crippen molar-refractivity contribution in [3.63, 3.8) is 0 Å². The number of hydrogen-bond acceptors (Lipinski definition) is 4. The molecule has 1 N–H and O–H groups in total. The zero-order chi connectivity index (χ0) is 15.3. The van der Waals surface area contributed by atoms with Gasteiger partial charge in [0, 0.05) is 18.2 Å². The summed E-state index contributed by atoms with van der Waals surface area (Å²) in [7, 11) is 2.04. The molecule has 0 saturated heterocycles. The van der Waals surface area contributed by atoms with Crippen LogP contribution in [0.15, 0.2) is 29.6 Å². The standard InChI is InChI=1S/C17H27N3O/c1-17(2,3)21-20-16(15-7-5-6-12-19-15)13-8-10-14(18-4)11-9-13/h5-7,12-14,18H,8-11H2,1-4H3/b20-16-/t13-,14-. The van der Waals surface area contributed by atoms with E-state index in [4.69, 9.17) is 4.84 Å². The summed E-state index contributed by atoms with van der Waals surface area (Å²) in [4.78, 5) is 10.2. The maximum Gasteiger partial charge on any atom is 0.129 e. The van der Waals surface area contributed by atoms with Crippen molar-refractivity contribution in [3.8, 4) is 0 Å². The van der Waals surface area contributed by atoms with Gasteiger partial charge in [-0.2, -0.15) is 0 Å². The van der Waals surface area contributed by atoms with Gasteiger partial charge in [-0.15, -0.1) is 0 Å². The topological polar surface area (TPSA) is 46.5 Å². The summed E-state index contributed by atoms with van der Waals surface area (Å²) in [5.41, 5.74) is 1.66. The molecule has 0 amide bonds. The van der Waals surface area contributed by atoms with Gasteiger partial charge in [0.2, 0.25) is 0 Å². The first kappa shape index (κ1) is 16.0. The Morgan fingerprint density at radius 1 is 1.24 bits per heavy atom. The average molecular weight is 289 g/mol. The zero-order valence-electron chi connectivity index (χ0n) is 13.6. The predicted octanol–water partition coefficient (Wildman–Crippen LogP) is 3.38. The third kappa shape index (κ3) is 4.81. The smallest absolute Gasteiger partial charge is 0.129 e. The van der Waals surface area contributed by atoms with E-state index in [-0.39, 0.29) is 5.60 Å². The van der Waals surface area contributed by atoms with E-state index in [1.54, 1.807) is 0 Å².